The molecule has 0 aliphatic carbocycles. The van der Waals surface area contributed by atoms with Crippen LogP contribution < -0.4 is 11.5 Å². The first-order chi connectivity index (χ1) is 6.75. The van der Waals surface area contributed by atoms with Gasteiger partial charge in [0.1, 0.15) is 0 Å². The molecule has 0 saturated heterocycles. The van der Waals surface area contributed by atoms with Crippen molar-refractivity contribution >= 4 is 17.7 Å². The van der Waals surface area contributed by atoms with Crippen LogP contribution in [0.5, 0.6) is 0 Å². The minimum atomic E-state index is -2.10. The quantitative estimate of drug-likeness (QED) is 0.399. The van der Waals surface area contributed by atoms with Crippen LogP contribution in [0.2, 0.25) is 0 Å². The Hall–Kier alpha value is -1.47. The van der Waals surface area contributed by atoms with Gasteiger partial charge in [-0.2, -0.15) is 0 Å². The van der Waals surface area contributed by atoms with E-state index in [2.05, 4.69) is 0 Å². The SMILES string of the molecule is CCC(N)(C(=O)O)C(=O)[C@@H](N)CC(=O)O. The number of aliphatic carboxylic acids is 2. The molecule has 0 rings (SSSR count). The highest BCUT2D eigenvalue weighted by molar-refractivity contribution is 6.10. The molecule has 6 N–H and O–H groups in total. The van der Waals surface area contributed by atoms with Gasteiger partial charge < -0.3 is 21.7 Å². The van der Waals surface area contributed by atoms with E-state index in [1.165, 1.54) is 6.92 Å². The van der Waals surface area contributed by atoms with E-state index < -0.39 is 35.7 Å². The highest BCUT2D eigenvalue weighted by Crippen LogP contribution is 2.11. The highest BCUT2D eigenvalue weighted by atomic mass is 16.4. The number of hydrogen-bond acceptors (Lipinski definition) is 5. The van der Waals surface area contributed by atoms with E-state index in [1.807, 2.05) is 0 Å². The second-order valence-electron chi connectivity index (χ2n) is 3.20. The maximum absolute atomic E-state index is 11.5. The Bertz CT molecular complexity index is 291. The molecule has 0 aromatic heterocycles. The van der Waals surface area contributed by atoms with Gasteiger partial charge in [-0.1, -0.05) is 6.92 Å². The fourth-order valence-electron chi connectivity index (χ4n) is 1.04. The van der Waals surface area contributed by atoms with Gasteiger partial charge in [0, 0.05) is 0 Å². The predicted molar refractivity (Wildman–Crippen MR) is 50.1 cm³/mol. The van der Waals surface area contributed by atoms with Crippen molar-refractivity contribution in [3.8, 4) is 0 Å². The van der Waals surface area contributed by atoms with E-state index in [9.17, 15) is 14.4 Å². The molecule has 0 spiro atoms. The third-order valence-corrected chi connectivity index (χ3v) is 2.11. The van der Waals surface area contributed by atoms with E-state index in [4.69, 9.17) is 21.7 Å². The zero-order valence-corrected chi connectivity index (χ0v) is 8.27. The molecule has 0 radical (unpaired) electrons. The molecular weight excluding hydrogens is 204 g/mol. The molecule has 0 aliphatic rings. The monoisotopic (exact) mass is 218 g/mol. The Balaban J connectivity index is 4.80. The first kappa shape index (κ1) is 13.5. The summed E-state index contributed by atoms with van der Waals surface area (Å²) in [6, 6.07) is -1.40. The van der Waals surface area contributed by atoms with Crippen molar-refractivity contribution in [1.29, 1.82) is 0 Å². The fraction of sp³-hybridized carbons (Fsp3) is 0.625. The molecule has 0 aromatic rings. The van der Waals surface area contributed by atoms with Crippen LogP contribution in [0.15, 0.2) is 0 Å². The van der Waals surface area contributed by atoms with Crippen LogP contribution in [0.3, 0.4) is 0 Å². The lowest BCUT2D eigenvalue weighted by Crippen LogP contribution is -2.60. The third kappa shape index (κ3) is 3.00. The molecule has 7 heteroatoms. The molecule has 0 heterocycles. The van der Waals surface area contributed by atoms with E-state index in [0.717, 1.165) is 0 Å². The number of carboxylic acid groups (broad SMARTS) is 2. The zero-order valence-electron chi connectivity index (χ0n) is 8.27. The molecular formula is C8H14N2O5. The largest absolute Gasteiger partial charge is 0.481 e. The molecule has 0 aromatic carbocycles. The maximum Gasteiger partial charge on any atom is 0.331 e. The minimum Gasteiger partial charge on any atom is -0.481 e. The first-order valence-corrected chi connectivity index (χ1v) is 4.29. The number of carbonyl (C=O) groups is 3. The predicted octanol–water partition coefficient (Wildman–Crippen LogP) is -1.45. The summed E-state index contributed by atoms with van der Waals surface area (Å²) < 4.78 is 0. The molecule has 2 atom stereocenters. The second kappa shape index (κ2) is 4.85. The van der Waals surface area contributed by atoms with Crippen molar-refractivity contribution < 1.29 is 24.6 Å². The average Bonchev–Trinajstić information content (AvgIpc) is 2.13. The number of nitrogens with two attached hydrogens (primary N) is 2. The summed E-state index contributed by atoms with van der Waals surface area (Å²) in [5.41, 5.74) is 8.48. The molecule has 0 aliphatic heterocycles. The summed E-state index contributed by atoms with van der Waals surface area (Å²) in [5, 5.41) is 17.1. The first-order valence-electron chi connectivity index (χ1n) is 4.29. The third-order valence-electron chi connectivity index (χ3n) is 2.11. The summed E-state index contributed by atoms with van der Waals surface area (Å²) in [7, 11) is 0. The summed E-state index contributed by atoms with van der Waals surface area (Å²) in [6.07, 6.45) is -0.778. The van der Waals surface area contributed by atoms with Crippen LogP contribution in [0, 0.1) is 0 Å². The number of ketones is 1. The standard InChI is InChI=1S/C8H14N2O5/c1-2-8(10,7(14)15)6(13)4(9)3-5(11)12/h4H,2-3,9-10H2,1H3,(H,11,12)(H,14,15)/t4-,8?/m0/s1. The Labute approximate surface area is 86.0 Å². The van der Waals surface area contributed by atoms with E-state index >= 15 is 0 Å². The number of hydrogen-bond donors (Lipinski definition) is 4. The van der Waals surface area contributed by atoms with Crippen LogP contribution >= 0.6 is 0 Å². The van der Waals surface area contributed by atoms with Gasteiger partial charge in [0.2, 0.25) is 0 Å². The second-order valence-corrected chi connectivity index (χ2v) is 3.20. The maximum atomic E-state index is 11.5. The van der Waals surface area contributed by atoms with Gasteiger partial charge in [0.25, 0.3) is 0 Å². The lowest BCUT2D eigenvalue weighted by Gasteiger charge is -2.23. The molecule has 0 saturated carbocycles. The molecule has 0 bridgehead atoms. The van der Waals surface area contributed by atoms with Gasteiger partial charge in [0.05, 0.1) is 12.5 Å². The molecule has 86 valence electrons. The van der Waals surface area contributed by atoms with Crippen LogP contribution in [0.4, 0.5) is 0 Å². The summed E-state index contributed by atoms with van der Waals surface area (Å²) >= 11 is 0. The number of Topliss-reactive ketones (excluding diaryl/α,β-unsaturated/α-hetero) is 1. The van der Waals surface area contributed by atoms with Crippen molar-refractivity contribution in [2.45, 2.75) is 31.3 Å². The Morgan fingerprint density at radius 2 is 1.80 bits per heavy atom. The number of carbonyl (C=O) groups excluding carboxylic acids is 1. The van der Waals surface area contributed by atoms with Crippen molar-refractivity contribution in [3.63, 3.8) is 0 Å². The number of rotatable bonds is 6. The van der Waals surface area contributed by atoms with Crippen molar-refractivity contribution in [3.05, 3.63) is 0 Å². The Kier molecular flexibility index (Phi) is 4.38. The van der Waals surface area contributed by atoms with Gasteiger partial charge >= 0.3 is 11.9 Å². The molecule has 1 unspecified atom stereocenters. The van der Waals surface area contributed by atoms with Crippen molar-refractivity contribution in [2.75, 3.05) is 0 Å². The van der Waals surface area contributed by atoms with Crippen LogP contribution in [0.1, 0.15) is 19.8 Å². The average molecular weight is 218 g/mol. The lowest BCUT2D eigenvalue weighted by molar-refractivity contribution is -0.150. The van der Waals surface area contributed by atoms with Crippen LogP contribution in [-0.4, -0.2) is 39.5 Å². The van der Waals surface area contributed by atoms with E-state index in [-0.39, 0.29) is 6.42 Å². The normalized spacial score (nSPS) is 16.5. The highest BCUT2D eigenvalue weighted by Gasteiger charge is 2.43. The Morgan fingerprint density at radius 3 is 2.07 bits per heavy atom. The van der Waals surface area contributed by atoms with E-state index in [1.54, 1.807) is 0 Å². The molecule has 7 nitrogen and oxygen atoms in total. The summed E-state index contributed by atoms with van der Waals surface area (Å²) in [4.78, 5) is 32.5. The topological polar surface area (TPSA) is 144 Å². The summed E-state index contributed by atoms with van der Waals surface area (Å²) in [5.74, 6) is -3.75. The Morgan fingerprint density at radius 1 is 1.33 bits per heavy atom. The van der Waals surface area contributed by atoms with Crippen molar-refractivity contribution in [2.24, 2.45) is 11.5 Å². The zero-order chi connectivity index (χ0) is 12.2. The minimum absolute atomic E-state index is 0.144. The smallest absolute Gasteiger partial charge is 0.331 e. The van der Waals surface area contributed by atoms with Gasteiger partial charge in [-0.25, -0.2) is 4.79 Å². The van der Waals surface area contributed by atoms with Crippen molar-refractivity contribution in [1.82, 2.24) is 0 Å². The van der Waals surface area contributed by atoms with Crippen LogP contribution in [-0.2, 0) is 14.4 Å². The van der Waals surface area contributed by atoms with E-state index in [0.29, 0.717) is 0 Å². The number of carboxylic acids is 2. The summed E-state index contributed by atoms with van der Waals surface area (Å²) in [6.45, 7) is 1.42. The van der Waals surface area contributed by atoms with Gasteiger partial charge in [0.15, 0.2) is 11.3 Å². The molecule has 0 amide bonds. The molecule has 0 fully saturated rings. The molecule has 15 heavy (non-hydrogen) atoms. The van der Waals surface area contributed by atoms with Gasteiger partial charge in [-0.3, -0.25) is 9.59 Å². The fourth-order valence-corrected chi connectivity index (χ4v) is 1.04. The van der Waals surface area contributed by atoms with Gasteiger partial charge in [-0.05, 0) is 6.42 Å². The lowest BCUT2D eigenvalue weighted by atomic mass is 9.87. The van der Waals surface area contributed by atoms with Gasteiger partial charge in [-0.15, -0.1) is 0 Å². The van der Waals surface area contributed by atoms with Crippen LogP contribution in [0.25, 0.3) is 0 Å².